The molecule has 0 spiro atoms. The van der Waals surface area contributed by atoms with Crippen molar-refractivity contribution >= 4 is 34.6 Å². The third-order valence-corrected chi connectivity index (χ3v) is 3.34. The molecule has 0 aliphatic rings. The maximum Gasteiger partial charge on any atom is 0.289 e. The van der Waals surface area contributed by atoms with Crippen LogP contribution in [0.5, 0.6) is 5.75 Å². The van der Waals surface area contributed by atoms with Crippen molar-refractivity contribution < 1.29 is 19.4 Å². The fraction of sp³-hybridized carbons (Fsp3) is 0.0714. The molecule has 0 aliphatic heterocycles. The Balaban J connectivity index is 2.34. The van der Waals surface area contributed by atoms with Crippen LogP contribution in [-0.4, -0.2) is 22.9 Å². The van der Waals surface area contributed by atoms with Crippen LogP contribution in [-0.2, 0) is 0 Å². The molecule has 0 radical (unpaired) electrons. The first-order valence-corrected chi connectivity index (χ1v) is 6.79. The van der Waals surface area contributed by atoms with Gasteiger partial charge in [0.05, 0.1) is 28.0 Å². The third-order valence-electron chi connectivity index (χ3n) is 3.04. The fourth-order valence-corrected chi connectivity index (χ4v) is 2.18. The van der Waals surface area contributed by atoms with E-state index in [1.165, 1.54) is 25.3 Å². The number of ether oxygens (including phenoxy) is 1. The van der Waals surface area contributed by atoms with Gasteiger partial charge in [0.25, 0.3) is 17.3 Å². The number of halogens is 1. The number of benzene rings is 2. The second-order valence-corrected chi connectivity index (χ2v) is 4.93. The van der Waals surface area contributed by atoms with Crippen LogP contribution in [0.4, 0.5) is 17.1 Å². The molecule has 0 aromatic heterocycles. The number of carbonyl (C=O) groups is 1. The number of amides is 1. The summed E-state index contributed by atoms with van der Waals surface area (Å²) in [6, 6.07) is 7.20. The Hall–Kier alpha value is -3.20. The Morgan fingerprint density at radius 2 is 1.83 bits per heavy atom. The van der Waals surface area contributed by atoms with E-state index in [1.54, 1.807) is 0 Å². The Labute approximate surface area is 140 Å². The van der Waals surface area contributed by atoms with Crippen LogP contribution in [0, 0.1) is 20.2 Å². The highest BCUT2D eigenvalue weighted by molar-refractivity contribution is 6.32. The molecule has 0 saturated carbocycles. The number of hydrogen-bond donors (Lipinski definition) is 1. The Morgan fingerprint density at radius 1 is 1.12 bits per heavy atom. The van der Waals surface area contributed by atoms with Gasteiger partial charge in [-0.2, -0.15) is 0 Å². The van der Waals surface area contributed by atoms with Gasteiger partial charge in [-0.1, -0.05) is 11.6 Å². The van der Waals surface area contributed by atoms with Crippen LogP contribution in [0.15, 0.2) is 36.4 Å². The molecule has 0 unspecified atom stereocenters. The molecule has 1 amide bonds. The average molecular weight is 352 g/mol. The summed E-state index contributed by atoms with van der Waals surface area (Å²) in [5.41, 5.74) is -1.16. The maximum atomic E-state index is 12.2. The minimum absolute atomic E-state index is 0.244. The SMILES string of the molecule is COc1ccc(NC(=O)c2ccc([N+](=O)[O-])cc2[N+](=O)[O-])cc1Cl. The molecule has 0 fully saturated rings. The molecule has 24 heavy (non-hydrogen) atoms. The molecule has 0 atom stereocenters. The van der Waals surface area contributed by atoms with Crippen LogP contribution in [0.3, 0.4) is 0 Å². The molecule has 0 aliphatic carbocycles. The molecule has 1 N–H and O–H groups in total. The van der Waals surface area contributed by atoms with Gasteiger partial charge in [-0.15, -0.1) is 0 Å². The van der Waals surface area contributed by atoms with Gasteiger partial charge in [0.1, 0.15) is 11.3 Å². The van der Waals surface area contributed by atoms with Crippen molar-refractivity contribution in [3.8, 4) is 5.75 Å². The molecule has 0 bridgehead atoms. The van der Waals surface area contributed by atoms with Gasteiger partial charge in [-0.25, -0.2) is 0 Å². The molecule has 2 aromatic carbocycles. The highest BCUT2D eigenvalue weighted by Crippen LogP contribution is 2.29. The summed E-state index contributed by atoms with van der Waals surface area (Å²) in [5.74, 6) is -0.395. The Kier molecular flexibility index (Phi) is 4.95. The Morgan fingerprint density at radius 3 is 2.38 bits per heavy atom. The summed E-state index contributed by atoms with van der Waals surface area (Å²) in [6.07, 6.45) is 0. The predicted molar refractivity (Wildman–Crippen MR) is 85.7 cm³/mol. The van der Waals surface area contributed by atoms with Crippen molar-refractivity contribution in [3.63, 3.8) is 0 Å². The van der Waals surface area contributed by atoms with Crippen molar-refractivity contribution in [2.24, 2.45) is 0 Å². The van der Waals surface area contributed by atoms with Crippen molar-refractivity contribution in [2.45, 2.75) is 0 Å². The zero-order valence-electron chi connectivity index (χ0n) is 12.2. The molecule has 2 rings (SSSR count). The molecule has 124 valence electrons. The minimum atomic E-state index is -0.858. The Bertz CT molecular complexity index is 839. The molecule has 9 nitrogen and oxygen atoms in total. The summed E-state index contributed by atoms with van der Waals surface area (Å²) in [7, 11) is 1.43. The minimum Gasteiger partial charge on any atom is -0.495 e. The van der Waals surface area contributed by atoms with Crippen LogP contribution < -0.4 is 10.1 Å². The van der Waals surface area contributed by atoms with Crippen LogP contribution >= 0.6 is 11.6 Å². The lowest BCUT2D eigenvalue weighted by atomic mass is 10.1. The van der Waals surface area contributed by atoms with E-state index in [1.807, 2.05) is 0 Å². The van der Waals surface area contributed by atoms with E-state index in [4.69, 9.17) is 16.3 Å². The first-order valence-electron chi connectivity index (χ1n) is 6.41. The van der Waals surface area contributed by atoms with Crippen molar-refractivity contribution in [1.29, 1.82) is 0 Å². The number of nitrogens with zero attached hydrogens (tertiary/aromatic N) is 2. The molecule has 0 heterocycles. The van der Waals surface area contributed by atoms with Gasteiger partial charge < -0.3 is 10.1 Å². The van der Waals surface area contributed by atoms with E-state index in [9.17, 15) is 25.0 Å². The van der Waals surface area contributed by atoms with E-state index in [-0.39, 0.29) is 10.6 Å². The lowest BCUT2D eigenvalue weighted by Gasteiger charge is -2.08. The largest absolute Gasteiger partial charge is 0.495 e. The van der Waals surface area contributed by atoms with E-state index in [0.29, 0.717) is 11.4 Å². The summed E-state index contributed by atoms with van der Waals surface area (Å²) < 4.78 is 4.98. The smallest absolute Gasteiger partial charge is 0.289 e. The van der Waals surface area contributed by atoms with E-state index in [2.05, 4.69) is 5.32 Å². The summed E-state index contributed by atoms with van der Waals surface area (Å²) in [5, 5.41) is 24.4. The van der Waals surface area contributed by atoms with Crippen LogP contribution in [0.2, 0.25) is 5.02 Å². The second-order valence-electron chi connectivity index (χ2n) is 4.52. The van der Waals surface area contributed by atoms with E-state index < -0.39 is 27.1 Å². The van der Waals surface area contributed by atoms with Crippen LogP contribution in [0.25, 0.3) is 0 Å². The third kappa shape index (κ3) is 3.58. The standard InChI is InChI=1S/C14H10ClN3O6/c1-24-13-5-2-8(6-11(13)15)16-14(19)10-4-3-9(17(20)21)7-12(10)18(22)23/h2-7H,1H3,(H,16,19). The highest BCUT2D eigenvalue weighted by atomic mass is 35.5. The number of carbonyl (C=O) groups excluding carboxylic acids is 1. The normalized spacial score (nSPS) is 10.1. The number of hydrogen-bond acceptors (Lipinski definition) is 6. The van der Waals surface area contributed by atoms with E-state index >= 15 is 0 Å². The van der Waals surface area contributed by atoms with Gasteiger partial charge in [0.2, 0.25) is 0 Å². The zero-order chi connectivity index (χ0) is 17.9. The van der Waals surface area contributed by atoms with Gasteiger partial charge in [-0.3, -0.25) is 25.0 Å². The molecular formula is C14H10ClN3O6. The topological polar surface area (TPSA) is 125 Å². The summed E-state index contributed by atoms with van der Waals surface area (Å²) in [6.45, 7) is 0. The quantitative estimate of drug-likeness (QED) is 0.650. The first-order chi connectivity index (χ1) is 11.3. The van der Waals surface area contributed by atoms with Gasteiger partial charge in [-0.05, 0) is 24.3 Å². The monoisotopic (exact) mass is 351 g/mol. The molecule has 10 heteroatoms. The van der Waals surface area contributed by atoms with E-state index in [0.717, 1.165) is 18.2 Å². The van der Waals surface area contributed by atoms with Crippen molar-refractivity contribution in [1.82, 2.24) is 0 Å². The fourth-order valence-electron chi connectivity index (χ4n) is 1.92. The van der Waals surface area contributed by atoms with Crippen LogP contribution in [0.1, 0.15) is 10.4 Å². The predicted octanol–water partition coefficient (Wildman–Crippen LogP) is 3.42. The number of nitro groups is 2. The number of anilines is 1. The van der Waals surface area contributed by atoms with Gasteiger partial charge in [0, 0.05) is 11.8 Å². The number of non-ortho nitro benzene ring substituents is 1. The van der Waals surface area contributed by atoms with Gasteiger partial charge >= 0.3 is 0 Å². The zero-order valence-corrected chi connectivity index (χ0v) is 12.9. The lowest BCUT2D eigenvalue weighted by molar-refractivity contribution is -0.394. The molecule has 2 aromatic rings. The highest BCUT2D eigenvalue weighted by Gasteiger charge is 2.24. The van der Waals surface area contributed by atoms with Crippen molar-refractivity contribution in [2.75, 3.05) is 12.4 Å². The number of nitrogens with one attached hydrogen (secondary N) is 1. The maximum absolute atomic E-state index is 12.2. The second kappa shape index (κ2) is 6.92. The molecular weight excluding hydrogens is 342 g/mol. The van der Waals surface area contributed by atoms with Gasteiger partial charge in [0.15, 0.2) is 0 Å². The average Bonchev–Trinajstić information content (AvgIpc) is 2.54. The lowest BCUT2D eigenvalue weighted by Crippen LogP contribution is -2.14. The first kappa shape index (κ1) is 17.2. The number of methoxy groups -OCH3 is 1. The van der Waals surface area contributed by atoms with Crippen molar-refractivity contribution in [3.05, 3.63) is 67.2 Å². The summed E-state index contributed by atoms with van der Waals surface area (Å²) in [4.78, 5) is 32.3. The number of nitro benzene ring substituents is 2. The number of rotatable bonds is 5. The molecule has 0 saturated heterocycles. The summed E-state index contributed by atoms with van der Waals surface area (Å²) >= 11 is 5.94.